The highest BCUT2D eigenvalue weighted by Gasteiger charge is 2.56. The van der Waals surface area contributed by atoms with Crippen molar-refractivity contribution >= 4 is 35.4 Å². The summed E-state index contributed by atoms with van der Waals surface area (Å²) in [6.45, 7) is 44.8. The molecule has 2 saturated heterocycles. The van der Waals surface area contributed by atoms with Crippen molar-refractivity contribution in [2.45, 2.75) is 282 Å². The van der Waals surface area contributed by atoms with Gasteiger partial charge in [-0.05, 0) is 210 Å². The molecule has 2 aromatic rings. The first kappa shape index (κ1) is 71.6. The van der Waals surface area contributed by atoms with Crippen molar-refractivity contribution in [3.05, 3.63) is 70.8 Å². The molecule has 2 aromatic carbocycles. The predicted octanol–water partition coefficient (Wildman–Crippen LogP) is 16.8. The van der Waals surface area contributed by atoms with Gasteiger partial charge in [0.15, 0.2) is 11.7 Å². The number of hydrogen-bond donors (Lipinski definition) is 1. The minimum atomic E-state index is -0.937. The third kappa shape index (κ3) is 19.2. The van der Waals surface area contributed by atoms with Crippen LogP contribution in [0.5, 0.6) is 0 Å². The van der Waals surface area contributed by atoms with Crippen LogP contribution >= 0.6 is 0 Å². The van der Waals surface area contributed by atoms with Gasteiger partial charge in [-0.2, -0.15) is 0 Å². The molecule has 1 N–H and O–H groups in total. The van der Waals surface area contributed by atoms with E-state index in [1.807, 2.05) is 50.2 Å². The summed E-state index contributed by atoms with van der Waals surface area (Å²) in [7, 11) is 0. The number of benzene rings is 2. The van der Waals surface area contributed by atoms with Gasteiger partial charge in [0.2, 0.25) is 0 Å². The fourth-order valence-electron chi connectivity index (χ4n) is 14.7. The van der Waals surface area contributed by atoms with Crippen molar-refractivity contribution < 1.29 is 38.5 Å². The van der Waals surface area contributed by atoms with E-state index < -0.39 is 17.3 Å². The highest BCUT2D eigenvalue weighted by molar-refractivity contribution is 6.40. The number of carbonyl (C=O) groups excluding carboxylic acids is 3. The average molecular weight is 1230 g/mol. The van der Waals surface area contributed by atoms with Crippen molar-refractivity contribution in [1.82, 2.24) is 19.6 Å². The van der Waals surface area contributed by atoms with Gasteiger partial charge in [-0.25, -0.2) is 19.6 Å². The Kier molecular flexibility index (Phi) is 24.0. The third-order valence-corrected chi connectivity index (χ3v) is 20.2. The van der Waals surface area contributed by atoms with E-state index in [1.165, 1.54) is 6.42 Å². The number of aliphatic imine (C=N–C) groups is 2. The number of aromatic carboxylic acids is 1. The van der Waals surface area contributed by atoms with Gasteiger partial charge in [-0.3, -0.25) is 9.59 Å². The summed E-state index contributed by atoms with van der Waals surface area (Å²) >= 11 is 0. The summed E-state index contributed by atoms with van der Waals surface area (Å²) in [4.78, 5) is 73.2. The van der Waals surface area contributed by atoms with E-state index in [9.17, 15) is 24.3 Å². The lowest BCUT2D eigenvalue weighted by Gasteiger charge is -2.47. The smallest absolute Gasteiger partial charge is 0.338 e. The Bertz CT molecular complexity index is 2710. The number of rotatable bonds is 21. The molecule has 8 rings (SSSR count). The molecule has 14 heteroatoms. The van der Waals surface area contributed by atoms with Gasteiger partial charge in [0.1, 0.15) is 11.3 Å². The van der Waals surface area contributed by atoms with Crippen molar-refractivity contribution in [3.63, 3.8) is 0 Å². The maximum atomic E-state index is 14.8. The molecule has 2 unspecified atom stereocenters. The first-order valence-corrected chi connectivity index (χ1v) is 34.8. The van der Waals surface area contributed by atoms with Gasteiger partial charge >= 0.3 is 11.9 Å². The molecule has 4 fully saturated rings. The van der Waals surface area contributed by atoms with E-state index in [1.54, 1.807) is 12.1 Å². The minimum absolute atomic E-state index is 0.0240. The van der Waals surface area contributed by atoms with E-state index in [-0.39, 0.29) is 75.4 Å². The number of carboxylic acids is 1. The summed E-state index contributed by atoms with van der Waals surface area (Å²) in [6.07, 6.45) is 17.6. The number of carbonyl (C=O) groups is 4. The zero-order chi connectivity index (χ0) is 65.4. The molecule has 4 atom stereocenters. The molecule has 14 nitrogen and oxygen atoms in total. The Balaban J connectivity index is 0.000000254. The molecule has 0 radical (unpaired) electrons. The Labute approximate surface area is 538 Å². The zero-order valence-electron chi connectivity index (χ0n) is 58.8. The standard InChI is InChI=1S/C39H63N3O4.C36H57N3O4/c1-27(2)12-11-25-45-32-20-24-41(26-32)34-35(43)42(39(40-34)22-17-31(18-23-39)38(8,9)10)33(19-21-37(5,6)7)29-13-15-30(16-14-29)36(44)46-28(3)4;1-25(2)10-9-23-43-29-18-22-38(24-29)31-32(40)39(36(37-31)20-15-28(16-21-36)35(6,7)8)30(17-19-34(3,4)5)26-11-13-27(14-12-26)33(41)42/h13-16,27-28,31-33H,11-12,17-26H2,1-10H3;11-14,25,28-30H,9-10,15-24H2,1-8H3,(H,41,42)/t31?,32?,33-,39?;28?,29?,30-,36?/m11/s1. The lowest BCUT2D eigenvalue weighted by atomic mass is 9.69. The van der Waals surface area contributed by atoms with E-state index in [2.05, 4.69) is 130 Å². The first-order valence-electron chi connectivity index (χ1n) is 34.8. The van der Waals surface area contributed by atoms with E-state index in [0.717, 1.165) is 153 Å². The molecule has 2 saturated carbocycles. The van der Waals surface area contributed by atoms with Gasteiger partial charge in [0, 0.05) is 39.4 Å². The van der Waals surface area contributed by atoms with Crippen LogP contribution in [0.3, 0.4) is 0 Å². The minimum Gasteiger partial charge on any atom is -0.478 e. The van der Waals surface area contributed by atoms with E-state index in [0.29, 0.717) is 47.5 Å². The molecule has 2 spiro atoms. The van der Waals surface area contributed by atoms with Crippen LogP contribution in [0.15, 0.2) is 58.5 Å². The Morgan fingerprint density at radius 3 is 1.21 bits per heavy atom. The van der Waals surface area contributed by atoms with Gasteiger partial charge in [-0.1, -0.05) is 135 Å². The largest absolute Gasteiger partial charge is 0.478 e. The highest BCUT2D eigenvalue weighted by Crippen LogP contribution is 2.52. The topological polar surface area (TPSA) is 154 Å². The second-order valence-corrected chi connectivity index (χ2v) is 33.2. The molecule has 89 heavy (non-hydrogen) atoms. The SMILES string of the molecule is CC(C)CCCOC1CCN(C2=NC3(CCC(C(C)(C)C)CC3)N([C@H](CCC(C)(C)C)c3ccc(C(=O)O)cc3)C2=O)C1.CC(C)CCCOC1CCN(C2=NC3(CCC(C(C)(C)C)CC3)N([C@H](CCC(C)(C)C)c3ccc(C(=O)OC(C)C)cc3)C2=O)C1. The Morgan fingerprint density at radius 1 is 0.539 bits per heavy atom. The molecular weight excluding hydrogens is 1110 g/mol. The van der Waals surface area contributed by atoms with Crippen LogP contribution in [0.2, 0.25) is 0 Å². The maximum Gasteiger partial charge on any atom is 0.338 e. The lowest BCUT2D eigenvalue weighted by Crippen LogP contribution is -2.52. The third-order valence-electron chi connectivity index (χ3n) is 20.2. The summed E-state index contributed by atoms with van der Waals surface area (Å²) in [5.41, 5.74) is 2.37. The molecular formula is C75H120N6O8. The number of esters is 1. The quantitative estimate of drug-likeness (QED) is 0.0944. The van der Waals surface area contributed by atoms with Gasteiger partial charge in [0.05, 0.1) is 41.5 Å². The zero-order valence-corrected chi connectivity index (χ0v) is 58.8. The predicted molar refractivity (Wildman–Crippen MR) is 360 cm³/mol. The van der Waals surface area contributed by atoms with Crippen LogP contribution in [0.25, 0.3) is 0 Å². The van der Waals surface area contributed by atoms with Crippen LogP contribution in [-0.2, 0) is 23.8 Å². The molecule has 498 valence electrons. The maximum absolute atomic E-state index is 14.8. The van der Waals surface area contributed by atoms with Gasteiger partial charge in [0.25, 0.3) is 11.8 Å². The number of carboxylic acid groups (broad SMARTS) is 1. The molecule has 4 heterocycles. The second-order valence-electron chi connectivity index (χ2n) is 33.2. The summed E-state index contributed by atoms with van der Waals surface area (Å²) in [6, 6.07) is 14.6. The van der Waals surface area contributed by atoms with E-state index >= 15 is 0 Å². The summed E-state index contributed by atoms with van der Waals surface area (Å²) in [5.74, 6) is 2.60. The number of amides is 2. The van der Waals surface area contributed by atoms with Crippen LogP contribution < -0.4 is 0 Å². The molecule has 0 aromatic heterocycles. The van der Waals surface area contributed by atoms with Crippen LogP contribution in [0.1, 0.15) is 284 Å². The summed E-state index contributed by atoms with van der Waals surface area (Å²) in [5, 5.41) is 9.54. The number of nitrogens with zero attached hydrogens (tertiary/aromatic N) is 6. The van der Waals surface area contributed by atoms with Crippen LogP contribution in [0, 0.1) is 45.3 Å². The fourth-order valence-corrected chi connectivity index (χ4v) is 14.7. The second kappa shape index (κ2) is 29.9. The van der Waals surface area contributed by atoms with Crippen molar-refractivity contribution in [1.29, 1.82) is 0 Å². The molecule has 2 amide bonds. The number of amidine groups is 2. The van der Waals surface area contributed by atoms with Gasteiger partial charge in [-0.15, -0.1) is 0 Å². The Hall–Kier alpha value is -4.82. The highest BCUT2D eigenvalue weighted by atomic mass is 16.5. The number of ether oxygens (including phenoxy) is 3. The molecule has 2 aliphatic carbocycles. The van der Waals surface area contributed by atoms with Crippen molar-refractivity contribution in [2.24, 2.45) is 55.3 Å². The number of likely N-dealkylation sites (tertiary alicyclic amines) is 2. The summed E-state index contributed by atoms with van der Waals surface area (Å²) < 4.78 is 18.0. The monoisotopic (exact) mass is 1230 g/mol. The van der Waals surface area contributed by atoms with Gasteiger partial charge < -0.3 is 38.9 Å². The fraction of sp³-hybridized carbons (Fsp3) is 0.760. The first-order chi connectivity index (χ1) is 41.6. The molecule has 4 aliphatic heterocycles. The number of hydrogen-bond acceptors (Lipinski definition) is 11. The van der Waals surface area contributed by atoms with Crippen LogP contribution in [0.4, 0.5) is 0 Å². The lowest BCUT2D eigenvalue weighted by molar-refractivity contribution is -0.135. The van der Waals surface area contributed by atoms with Crippen LogP contribution in [-0.4, -0.2) is 129 Å². The normalized spacial score (nSPS) is 25.2. The van der Waals surface area contributed by atoms with Crippen molar-refractivity contribution in [2.75, 3.05) is 39.4 Å². The Morgan fingerprint density at radius 2 is 0.899 bits per heavy atom. The average Bonchev–Trinajstić information content (AvgIpc) is 1.62. The van der Waals surface area contributed by atoms with Crippen molar-refractivity contribution in [3.8, 4) is 0 Å². The molecule has 0 bridgehead atoms. The van der Waals surface area contributed by atoms with E-state index in [4.69, 9.17) is 24.2 Å². The molecule has 6 aliphatic rings.